The summed E-state index contributed by atoms with van der Waals surface area (Å²) < 4.78 is 41.6. The molecule has 7 rings (SSSR count). The van der Waals surface area contributed by atoms with Gasteiger partial charge in [-0.2, -0.15) is 13.2 Å². The fourth-order valence-corrected chi connectivity index (χ4v) is 6.69. The molecule has 4 aromatic rings. The van der Waals surface area contributed by atoms with Crippen molar-refractivity contribution in [2.75, 3.05) is 5.32 Å². The van der Waals surface area contributed by atoms with E-state index < -0.39 is 24.1 Å². The van der Waals surface area contributed by atoms with Gasteiger partial charge in [-0.1, -0.05) is 42.5 Å². The molecule has 0 saturated carbocycles. The van der Waals surface area contributed by atoms with Crippen LogP contribution in [0.5, 0.6) is 0 Å². The molecule has 0 fully saturated rings. The first kappa shape index (κ1) is 25.5. The van der Waals surface area contributed by atoms with Crippen molar-refractivity contribution >= 4 is 17.6 Å². The zero-order chi connectivity index (χ0) is 28.4. The van der Waals surface area contributed by atoms with Crippen LogP contribution in [-0.2, 0) is 36.0 Å². The number of rotatable bonds is 4. The number of carbonyl (C=O) groups excluding carboxylic acids is 2. The maximum absolute atomic E-state index is 13.6. The van der Waals surface area contributed by atoms with Crippen LogP contribution in [0.15, 0.2) is 73.1 Å². The summed E-state index contributed by atoms with van der Waals surface area (Å²) in [6.45, 7) is 0.358. The molecule has 41 heavy (non-hydrogen) atoms. The summed E-state index contributed by atoms with van der Waals surface area (Å²) >= 11 is 0. The van der Waals surface area contributed by atoms with Crippen LogP contribution in [0, 0.1) is 0 Å². The van der Waals surface area contributed by atoms with Gasteiger partial charge >= 0.3 is 6.18 Å². The highest BCUT2D eigenvalue weighted by molar-refractivity contribution is 6.06. The van der Waals surface area contributed by atoms with Gasteiger partial charge in [-0.3, -0.25) is 9.59 Å². The van der Waals surface area contributed by atoms with Crippen molar-refractivity contribution in [3.8, 4) is 0 Å². The van der Waals surface area contributed by atoms with Crippen molar-refractivity contribution in [2.45, 2.75) is 55.8 Å². The summed E-state index contributed by atoms with van der Waals surface area (Å²) in [6, 6.07) is 18.2. The van der Waals surface area contributed by atoms with Gasteiger partial charge in [0.15, 0.2) is 0 Å². The zero-order valence-corrected chi connectivity index (χ0v) is 21.9. The number of pyridine rings is 1. The minimum absolute atomic E-state index is 0.0832. The largest absolute Gasteiger partial charge is 0.394 e. The maximum Gasteiger partial charge on any atom is 0.394 e. The summed E-state index contributed by atoms with van der Waals surface area (Å²) in [6.07, 6.45) is -1.05. The Balaban J connectivity index is 1.16. The number of anilines is 1. The van der Waals surface area contributed by atoms with Crippen molar-refractivity contribution in [2.24, 2.45) is 0 Å². The quantitative estimate of drug-likeness (QED) is 0.369. The van der Waals surface area contributed by atoms with E-state index in [1.807, 2.05) is 54.6 Å². The third-order valence-corrected chi connectivity index (χ3v) is 8.60. The van der Waals surface area contributed by atoms with E-state index in [0.717, 1.165) is 22.3 Å². The fourth-order valence-electron chi connectivity index (χ4n) is 6.69. The van der Waals surface area contributed by atoms with E-state index in [-0.39, 0.29) is 23.4 Å². The Morgan fingerprint density at radius 3 is 2.66 bits per heavy atom. The first-order valence-corrected chi connectivity index (χ1v) is 13.6. The molecule has 0 radical (unpaired) electrons. The van der Waals surface area contributed by atoms with Crippen LogP contribution in [0.2, 0.25) is 0 Å². The van der Waals surface area contributed by atoms with Crippen LogP contribution in [0.25, 0.3) is 0 Å². The van der Waals surface area contributed by atoms with Gasteiger partial charge in [-0.05, 0) is 54.2 Å². The van der Waals surface area contributed by atoms with Crippen LogP contribution in [-0.4, -0.2) is 32.5 Å². The van der Waals surface area contributed by atoms with Crippen LogP contribution < -0.4 is 10.6 Å². The first-order valence-electron chi connectivity index (χ1n) is 13.6. The number of hydrogen-bond donors (Lipinski definition) is 2. The second-order valence-corrected chi connectivity index (χ2v) is 11.2. The number of carbonyl (C=O) groups is 2. The summed E-state index contributed by atoms with van der Waals surface area (Å²) in [5.74, 6) is 0.483. The number of hydrogen-bond acceptors (Lipinski definition) is 4. The molecule has 0 unspecified atom stereocenters. The smallest absolute Gasteiger partial charge is 0.342 e. The molecule has 10 heteroatoms. The summed E-state index contributed by atoms with van der Waals surface area (Å²) in [5.41, 5.74) is 3.56. The second kappa shape index (κ2) is 9.29. The lowest BCUT2D eigenvalue weighted by Crippen LogP contribution is -2.36. The van der Waals surface area contributed by atoms with Crippen LogP contribution >= 0.6 is 0 Å². The lowest BCUT2D eigenvalue weighted by Gasteiger charge is -2.32. The molecule has 0 bridgehead atoms. The molecular formula is C31H26F3N5O2. The number of halogens is 3. The molecule has 2 aliphatic heterocycles. The van der Waals surface area contributed by atoms with Gasteiger partial charge in [0.05, 0.1) is 17.9 Å². The molecule has 1 aliphatic carbocycles. The standard InChI is InChI=1S/C31H26F3N5O2/c32-31(33,34)15-23-16-36-27-25(12-22(17-39(23)27)18-5-2-1-3-6-18)37-28(40)19-8-9-20-13-30(14-21(20)11-19)24-7-4-10-35-26(24)38-29(30)41/h1-11,16,22,25H,12-15,17H2,(H,37,40)(H,35,38,41)/t22-,25+,30-/m1/s1. The molecule has 4 heterocycles. The van der Waals surface area contributed by atoms with E-state index in [0.29, 0.717) is 43.0 Å². The number of nitrogens with zero attached hydrogens (tertiary/aromatic N) is 3. The average Bonchev–Trinajstić information content (AvgIpc) is 3.62. The lowest BCUT2D eigenvalue weighted by molar-refractivity contribution is -0.128. The Hall–Kier alpha value is -4.47. The van der Waals surface area contributed by atoms with E-state index in [1.165, 1.54) is 6.20 Å². The van der Waals surface area contributed by atoms with Crippen molar-refractivity contribution in [3.63, 3.8) is 0 Å². The normalized spacial score (nSPS) is 22.7. The van der Waals surface area contributed by atoms with E-state index in [1.54, 1.807) is 16.8 Å². The van der Waals surface area contributed by atoms with Crippen LogP contribution in [0.1, 0.15) is 62.5 Å². The monoisotopic (exact) mass is 557 g/mol. The summed E-state index contributed by atoms with van der Waals surface area (Å²) in [7, 11) is 0. The highest BCUT2D eigenvalue weighted by Gasteiger charge is 2.51. The maximum atomic E-state index is 13.6. The van der Waals surface area contributed by atoms with Gasteiger partial charge < -0.3 is 15.2 Å². The second-order valence-electron chi connectivity index (χ2n) is 11.2. The number of aromatic nitrogens is 3. The molecule has 2 aromatic heterocycles. The summed E-state index contributed by atoms with van der Waals surface area (Å²) in [4.78, 5) is 35.2. The predicted molar refractivity (Wildman–Crippen MR) is 144 cm³/mol. The SMILES string of the molecule is O=C(N[C@H]1C[C@@H](c2ccccc2)Cn2c(CC(F)(F)F)cnc21)c1ccc2c(c1)C[C@@]1(C2)C(=O)Nc2ncccc21. The van der Waals surface area contributed by atoms with E-state index in [2.05, 4.69) is 20.6 Å². The van der Waals surface area contributed by atoms with Gasteiger partial charge in [-0.15, -0.1) is 0 Å². The van der Waals surface area contributed by atoms with Gasteiger partial charge in [0.1, 0.15) is 11.6 Å². The third kappa shape index (κ3) is 4.38. The minimum Gasteiger partial charge on any atom is -0.342 e. The van der Waals surface area contributed by atoms with Gasteiger partial charge in [-0.25, -0.2) is 9.97 Å². The lowest BCUT2D eigenvalue weighted by atomic mass is 9.79. The van der Waals surface area contributed by atoms with Gasteiger partial charge in [0.25, 0.3) is 5.91 Å². The highest BCUT2D eigenvalue weighted by Crippen LogP contribution is 2.46. The number of alkyl halides is 3. The first-order chi connectivity index (χ1) is 19.7. The molecule has 2 amide bonds. The molecule has 3 atom stereocenters. The molecule has 7 nitrogen and oxygen atoms in total. The molecule has 3 aliphatic rings. The zero-order valence-electron chi connectivity index (χ0n) is 21.9. The molecule has 0 saturated heterocycles. The summed E-state index contributed by atoms with van der Waals surface area (Å²) in [5, 5.41) is 5.94. The Bertz CT molecular complexity index is 1680. The molecule has 2 aromatic carbocycles. The van der Waals surface area contributed by atoms with Crippen molar-refractivity contribution in [3.05, 3.63) is 112 Å². The molecular weight excluding hydrogens is 531 g/mol. The molecule has 2 N–H and O–H groups in total. The third-order valence-electron chi connectivity index (χ3n) is 8.60. The van der Waals surface area contributed by atoms with Crippen molar-refractivity contribution in [1.82, 2.24) is 19.9 Å². The topological polar surface area (TPSA) is 88.9 Å². The fraction of sp³-hybridized carbons (Fsp3) is 0.290. The Kier molecular flexibility index (Phi) is 5.78. The highest BCUT2D eigenvalue weighted by atomic mass is 19.4. The predicted octanol–water partition coefficient (Wildman–Crippen LogP) is 5.03. The Morgan fingerprint density at radius 1 is 1.05 bits per heavy atom. The minimum atomic E-state index is -4.37. The number of benzene rings is 2. The molecule has 1 spiro atoms. The Labute approximate surface area is 233 Å². The van der Waals surface area contributed by atoms with Crippen molar-refractivity contribution in [1.29, 1.82) is 0 Å². The van der Waals surface area contributed by atoms with E-state index >= 15 is 0 Å². The number of amides is 2. The molecule has 208 valence electrons. The number of fused-ring (bicyclic) bond motifs is 4. The van der Waals surface area contributed by atoms with Crippen molar-refractivity contribution < 1.29 is 22.8 Å². The van der Waals surface area contributed by atoms with Gasteiger partial charge in [0.2, 0.25) is 5.91 Å². The van der Waals surface area contributed by atoms with Crippen LogP contribution in [0.3, 0.4) is 0 Å². The van der Waals surface area contributed by atoms with Crippen LogP contribution in [0.4, 0.5) is 19.0 Å². The average molecular weight is 558 g/mol. The van der Waals surface area contributed by atoms with E-state index in [9.17, 15) is 22.8 Å². The van der Waals surface area contributed by atoms with Gasteiger partial charge in [0, 0.05) is 41.7 Å². The number of nitrogens with one attached hydrogen (secondary N) is 2. The number of imidazole rings is 1. The Morgan fingerprint density at radius 2 is 1.85 bits per heavy atom. The van der Waals surface area contributed by atoms with E-state index in [4.69, 9.17) is 0 Å².